The Hall–Kier alpha value is -1.67. The average Bonchev–Trinajstić information content (AvgIpc) is 2.91. The SMILES string of the molecule is CCNC(=O)OC1CCCc2c(nnn2CCOCCOC)CC1. The summed E-state index contributed by atoms with van der Waals surface area (Å²) < 4.78 is 17.8. The summed E-state index contributed by atoms with van der Waals surface area (Å²) in [7, 11) is 1.66. The number of amides is 1. The van der Waals surface area contributed by atoms with Gasteiger partial charge in [-0.3, -0.25) is 0 Å². The summed E-state index contributed by atoms with van der Waals surface area (Å²) in [6.45, 7) is 4.95. The molecule has 1 aliphatic rings. The molecule has 0 fully saturated rings. The summed E-state index contributed by atoms with van der Waals surface area (Å²) in [5.74, 6) is 0. The molecule has 24 heavy (non-hydrogen) atoms. The number of methoxy groups -OCH3 is 1. The Morgan fingerprint density at radius 1 is 1.29 bits per heavy atom. The van der Waals surface area contributed by atoms with Crippen LogP contribution in [0, 0.1) is 0 Å². The van der Waals surface area contributed by atoms with E-state index >= 15 is 0 Å². The Bertz CT molecular complexity index is 506. The van der Waals surface area contributed by atoms with Gasteiger partial charge in [-0.1, -0.05) is 5.21 Å². The fraction of sp³-hybridized carbons (Fsp3) is 0.812. The molecule has 0 aromatic carbocycles. The predicted octanol–water partition coefficient (Wildman–Crippen LogP) is 1.32. The number of hydrogen-bond acceptors (Lipinski definition) is 6. The van der Waals surface area contributed by atoms with E-state index in [4.69, 9.17) is 14.2 Å². The maximum Gasteiger partial charge on any atom is 0.407 e. The molecule has 8 heteroatoms. The number of nitrogens with zero attached hydrogens (tertiary/aromatic N) is 3. The number of fused-ring (bicyclic) bond motifs is 1. The first-order valence-electron chi connectivity index (χ1n) is 8.67. The molecule has 0 spiro atoms. The molecule has 1 N–H and O–H groups in total. The maximum atomic E-state index is 11.6. The molecule has 0 saturated carbocycles. The van der Waals surface area contributed by atoms with Gasteiger partial charge in [0.25, 0.3) is 0 Å². The Labute approximate surface area is 142 Å². The second kappa shape index (κ2) is 10.2. The van der Waals surface area contributed by atoms with Gasteiger partial charge < -0.3 is 19.5 Å². The summed E-state index contributed by atoms with van der Waals surface area (Å²) in [5.41, 5.74) is 2.19. The second-order valence-corrected chi connectivity index (χ2v) is 5.80. The maximum absolute atomic E-state index is 11.6. The van der Waals surface area contributed by atoms with Crippen molar-refractivity contribution in [1.82, 2.24) is 20.3 Å². The van der Waals surface area contributed by atoms with Gasteiger partial charge in [-0.25, -0.2) is 9.48 Å². The van der Waals surface area contributed by atoms with Crippen molar-refractivity contribution in [2.75, 3.05) is 33.5 Å². The Morgan fingerprint density at radius 3 is 2.96 bits per heavy atom. The third kappa shape index (κ3) is 5.76. The number of alkyl carbamates (subject to hydrolysis) is 1. The Kier molecular flexibility index (Phi) is 7.97. The quantitative estimate of drug-likeness (QED) is 0.718. The number of hydrogen-bond donors (Lipinski definition) is 1. The molecule has 1 amide bonds. The van der Waals surface area contributed by atoms with E-state index in [0.717, 1.165) is 37.8 Å². The molecule has 0 aliphatic heterocycles. The second-order valence-electron chi connectivity index (χ2n) is 5.80. The fourth-order valence-corrected chi connectivity index (χ4v) is 2.81. The highest BCUT2D eigenvalue weighted by Crippen LogP contribution is 2.20. The van der Waals surface area contributed by atoms with Crippen LogP contribution in [0.2, 0.25) is 0 Å². The first-order chi connectivity index (χ1) is 11.7. The lowest BCUT2D eigenvalue weighted by molar-refractivity contribution is 0.0647. The number of rotatable bonds is 8. The van der Waals surface area contributed by atoms with Crippen LogP contribution in [0.15, 0.2) is 0 Å². The van der Waals surface area contributed by atoms with Crippen LogP contribution in [0.5, 0.6) is 0 Å². The van der Waals surface area contributed by atoms with E-state index in [9.17, 15) is 4.79 Å². The van der Waals surface area contributed by atoms with Gasteiger partial charge in [0.2, 0.25) is 0 Å². The molecular weight excluding hydrogens is 312 g/mol. The minimum atomic E-state index is -0.333. The Morgan fingerprint density at radius 2 is 2.17 bits per heavy atom. The molecule has 1 aromatic rings. The minimum absolute atomic E-state index is 0.0489. The van der Waals surface area contributed by atoms with Crippen LogP contribution >= 0.6 is 0 Å². The lowest BCUT2D eigenvalue weighted by Gasteiger charge is -2.20. The van der Waals surface area contributed by atoms with Crippen LogP contribution in [0.3, 0.4) is 0 Å². The normalized spacial score (nSPS) is 17.7. The van der Waals surface area contributed by atoms with E-state index < -0.39 is 0 Å². The molecular formula is C16H28N4O4. The molecule has 1 unspecified atom stereocenters. The lowest BCUT2D eigenvalue weighted by Crippen LogP contribution is -2.29. The van der Waals surface area contributed by atoms with Gasteiger partial charge in [0.1, 0.15) is 6.10 Å². The first-order valence-corrected chi connectivity index (χ1v) is 8.67. The number of carbonyl (C=O) groups excluding carboxylic acids is 1. The standard InChI is InChI=1S/C16H28N4O4/c1-3-17-16(21)24-13-5-4-6-15-14(8-7-13)18-19-20(15)9-10-23-12-11-22-2/h13H,3-12H2,1-2H3,(H,17,21). The van der Waals surface area contributed by atoms with Crippen molar-refractivity contribution in [3.8, 4) is 0 Å². The largest absolute Gasteiger partial charge is 0.446 e. The highest BCUT2D eigenvalue weighted by Gasteiger charge is 2.21. The van der Waals surface area contributed by atoms with Gasteiger partial charge in [0.05, 0.1) is 37.8 Å². The van der Waals surface area contributed by atoms with E-state index in [1.807, 2.05) is 11.6 Å². The van der Waals surface area contributed by atoms with E-state index in [2.05, 4.69) is 15.6 Å². The predicted molar refractivity (Wildman–Crippen MR) is 87.9 cm³/mol. The van der Waals surface area contributed by atoms with Crippen molar-refractivity contribution in [2.24, 2.45) is 0 Å². The summed E-state index contributed by atoms with van der Waals surface area (Å²) in [4.78, 5) is 11.6. The zero-order valence-electron chi connectivity index (χ0n) is 14.6. The highest BCUT2D eigenvalue weighted by atomic mass is 16.6. The fourth-order valence-electron chi connectivity index (χ4n) is 2.81. The molecule has 1 heterocycles. The van der Waals surface area contributed by atoms with Crippen LogP contribution in [0.1, 0.15) is 37.6 Å². The molecule has 136 valence electrons. The van der Waals surface area contributed by atoms with Crippen molar-refractivity contribution in [2.45, 2.75) is 51.7 Å². The van der Waals surface area contributed by atoms with Gasteiger partial charge in [-0.2, -0.15) is 0 Å². The number of aryl methyl sites for hydroxylation is 1. The van der Waals surface area contributed by atoms with E-state index in [1.54, 1.807) is 7.11 Å². The molecule has 1 aromatic heterocycles. The van der Waals surface area contributed by atoms with Crippen LogP contribution in [-0.4, -0.2) is 60.7 Å². The first kappa shape index (κ1) is 18.7. The molecule has 0 radical (unpaired) electrons. The van der Waals surface area contributed by atoms with E-state index in [0.29, 0.717) is 32.9 Å². The summed E-state index contributed by atoms with van der Waals surface area (Å²) in [5, 5.41) is 11.2. The van der Waals surface area contributed by atoms with Crippen LogP contribution in [0.25, 0.3) is 0 Å². The molecule has 0 bridgehead atoms. The number of nitrogens with one attached hydrogen (secondary N) is 1. The zero-order valence-corrected chi connectivity index (χ0v) is 14.6. The van der Waals surface area contributed by atoms with Crippen LogP contribution < -0.4 is 5.32 Å². The lowest BCUT2D eigenvalue weighted by atomic mass is 9.99. The molecule has 1 aliphatic carbocycles. The smallest absolute Gasteiger partial charge is 0.407 e. The topological polar surface area (TPSA) is 87.5 Å². The van der Waals surface area contributed by atoms with Crippen molar-refractivity contribution in [1.29, 1.82) is 0 Å². The van der Waals surface area contributed by atoms with Crippen LogP contribution in [-0.2, 0) is 33.6 Å². The number of aromatic nitrogens is 3. The summed E-state index contributed by atoms with van der Waals surface area (Å²) in [6, 6.07) is 0. The summed E-state index contributed by atoms with van der Waals surface area (Å²) >= 11 is 0. The minimum Gasteiger partial charge on any atom is -0.446 e. The molecule has 2 rings (SSSR count). The van der Waals surface area contributed by atoms with Crippen LogP contribution in [0.4, 0.5) is 4.79 Å². The van der Waals surface area contributed by atoms with Crippen molar-refractivity contribution in [3.63, 3.8) is 0 Å². The van der Waals surface area contributed by atoms with Gasteiger partial charge in [0.15, 0.2) is 0 Å². The Balaban J connectivity index is 1.83. The third-order valence-corrected chi connectivity index (χ3v) is 4.03. The van der Waals surface area contributed by atoms with Crippen molar-refractivity contribution in [3.05, 3.63) is 11.4 Å². The monoisotopic (exact) mass is 340 g/mol. The van der Waals surface area contributed by atoms with E-state index in [-0.39, 0.29) is 12.2 Å². The van der Waals surface area contributed by atoms with Gasteiger partial charge in [-0.05, 0) is 39.0 Å². The number of ether oxygens (including phenoxy) is 3. The molecule has 8 nitrogen and oxygen atoms in total. The third-order valence-electron chi connectivity index (χ3n) is 4.03. The zero-order chi connectivity index (χ0) is 17.2. The van der Waals surface area contributed by atoms with Crippen molar-refractivity contribution < 1.29 is 19.0 Å². The number of carbonyl (C=O) groups is 1. The van der Waals surface area contributed by atoms with Crippen molar-refractivity contribution >= 4 is 6.09 Å². The van der Waals surface area contributed by atoms with Gasteiger partial charge in [0, 0.05) is 13.7 Å². The van der Waals surface area contributed by atoms with Gasteiger partial charge in [-0.15, -0.1) is 5.10 Å². The summed E-state index contributed by atoms with van der Waals surface area (Å²) in [6.07, 6.45) is 3.90. The average molecular weight is 340 g/mol. The van der Waals surface area contributed by atoms with E-state index in [1.165, 1.54) is 5.69 Å². The molecule has 1 atom stereocenters. The van der Waals surface area contributed by atoms with Gasteiger partial charge >= 0.3 is 6.09 Å². The highest BCUT2D eigenvalue weighted by molar-refractivity contribution is 5.67. The molecule has 0 saturated heterocycles.